The zero-order valence-corrected chi connectivity index (χ0v) is 18.3. The van der Waals surface area contributed by atoms with Gasteiger partial charge in [0.25, 0.3) is 0 Å². The first kappa shape index (κ1) is 23.8. The average molecular weight is 474 g/mol. The molecular weight excluding hydrogens is 448 g/mol. The van der Waals surface area contributed by atoms with Crippen LogP contribution in [0.4, 0.5) is 0 Å². The Morgan fingerprint density at radius 2 is 1.74 bits per heavy atom. The molecule has 182 valence electrons. The number of phenolic OH excluding ortho intramolecular Hbond substituents is 4. The van der Waals surface area contributed by atoms with Crippen LogP contribution < -0.4 is 0 Å². The number of aliphatic hydroxyl groups is 1. The molecule has 2 heterocycles. The number of hydrogen-bond acceptors (Lipinski definition) is 10. The van der Waals surface area contributed by atoms with Gasteiger partial charge in [-0.25, -0.2) is 4.79 Å². The van der Waals surface area contributed by atoms with Gasteiger partial charge in [0.15, 0.2) is 29.3 Å². The van der Waals surface area contributed by atoms with E-state index in [1.165, 1.54) is 42.5 Å². The molecule has 2 fully saturated rings. The molecule has 2 aliphatic heterocycles. The van der Waals surface area contributed by atoms with Crippen molar-refractivity contribution in [2.24, 2.45) is 5.92 Å². The number of hydrogen-bond donors (Lipinski definition) is 5. The summed E-state index contributed by atoms with van der Waals surface area (Å²) in [6.07, 6.45) is -1.05. The van der Waals surface area contributed by atoms with Crippen LogP contribution in [0.25, 0.3) is 6.08 Å². The molecule has 0 saturated carbocycles. The van der Waals surface area contributed by atoms with Gasteiger partial charge in [-0.1, -0.05) is 19.1 Å². The van der Waals surface area contributed by atoms with Gasteiger partial charge < -0.3 is 44.5 Å². The number of rotatable bonds is 5. The Labute approximate surface area is 195 Å². The van der Waals surface area contributed by atoms with Crippen molar-refractivity contribution in [3.05, 3.63) is 53.6 Å². The van der Waals surface area contributed by atoms with Crippen molar-refractivity contribution in [3.63, 3.8) is 0 Å². The lowest BCUT2D eigenvalue weighted by Gasteiger charge is -2.47. The summed E-state index contributed by atoms with van der Waals surface area (Å²) in [5.74, 6) is -2.23. The Morgan fingerprint density at radius 3 is 2.41 bits per heavy atom. The number of benzene rings is 2. The third-order valence-electron chi connectivity index (χ3n) is 5.93. The van der Waals surface area contributed by atoms with E-state index < -0.39 is 49.2 Å². The lowest BCUT2D eigenvalue weighted by atomic mass is 9.89. The molecule has 2 aromatic rings. The standard InChI is InChI=1S/C24H26O10/c1-12-22(34-21(30)7-3-13-2-5-15(26)17(28)8-13)19(10-25)33-24-23(12)32-20(11-31-24)14-4-6-16(27)18(29)9-14/h2-9,12,19-20,22-29H,10-11H2,1H3/b7-3+. The number of ether oxygens (including phenoxy) is 4. The molecule has 2 aromatic carbocycles. The number of aliphatic hydroxyl groups excluding tert-OH is 1. The van der Waals surface area contributed by atoms with Crippen LogP contribution in [0.1, 0.15) is 24.2 Å². The molecular formula is C24H26O10. The monoisotopic (exact) mass is 474 g/mol. The molecule has 0 spiro atoms. The quantitative estimate of drug-likeness (QED) is 0.247. The summed E-state index contributed by atoms with van der Waals surface area (Å²) in [5, 5.41) is 48.1. The van der Waals surface area contributed by atoms with Crippen molar-refractivity contribution in [3.8, 4) is 23.0 Å². The van der Waals surface area contributed by atoms with E-state index in [4.69, 9.17) is 18.9 Å². The van der Waals surface area contributed by atoms with Gasteiger partial charge in [0.2, 0.25) is 0 Å². The Balaban J connectivity index is 1.45. The summed E-state index contributed by atoms with van der Waals surface area (Å²) >= 11 is 0. The van der Waals surface area contributed by atoms with E-state index in [-0.39, 0.29) is 29.6 Å². The van der Waals surface area contributed by atoms with Crippen LogP contribution in [0, 0.1) is 5.92 Å². The highest BCUT2D eigenvalue weighted by Crippen LogP contribution is 2.39. The van der Waals surface area contributed by atoms with Gasteiger partial charge >= 0.3 is 5.97 Å². The lowest BCUT2D eigenvalue weighted by Crippen LogP contribution is -2.59. The first-order chi connectivity index (χ1) is 16.3. The maximum atomic E-state index is 12.5. The van der Waals surface area contributed by atoms with Crippen LogP contribution in [0.3, 0.4) is 0 Å². The molecule has 0 radical (unpaired) electrons. The van der Waals surface area contributed by atoms with Crippen molar-refractivity contribution in [1.29, 1.82) is 0 Å². The third kappa shape index (κ3) is 4.95. The summed E-state index contributed by atoms with van der Waals surface area (Å²) in [4.78, 5) is 12.5. The van der Waals surface area contributed by atoms with Gasteiger partial charge in [-0.05, 0) is 41.5 Å². The zero-order chi connectivity index (χ0) is 24.4. The Hall–Kier alpha value is -3.31. The fourth-order valence-corrected chi connectivity index (χ4v) is 4.06. The number of esters is 1. The smallest absolute Gasteiger partial charge is 0.331 e. The molecule has 0 amide bonds. The largest absolute Gasteiger partial charge is 0.504 e. The SMILES string of the molecule is CC1C(OC(=O)/C=C/c2ccc(O)c(O)c2)C(CO)OC2OCC(c3ccc(O)c(O)c3)OC21. The predicted molar refractivity (Wildman–Crippen MR) is 117 cm³/mol. The van der Waals surface area contributed by atoms with E-state index in [9.17, 15) is 30.3 Å². The molecule has 10 heteroatoms. The minimum absolute atomic E-state index is 0.128. The minimum Gasteiger partial charge on any atom is -0.504 e. The van der Waals surface area contributed by atoms with Crippen LogP contribution in [0.5, 0.6) is 23.0 Å². The van der Waals surface area contributed by atoms with E-state index in [2.05, 4.69) is 0 Å². The van der Waals surface area contributed by atoms with Crippen molar-refractivity contribution >= 4 is 12.0 Å². The first-order valence-corrected chi connectivity index (χ1v) is 10.7. The summed E-state index contributed by atoms with van der Waals surface area (Å²) in [6, 6.07) is 8.45. The molecule has 2 saturated heterocycles. The van der Waals surface area contributed by atoms with Gasteiger partial charge in [0, 0.05) is 12.0 Å². The highest BCUT2D eigenvalue weighted by Gasteiger charge is 2.49. The van der Waals surface area contributed by atoms with Gasteiger partial charge in [-0.15, -0.1) is 0 Å². The van der Waals surface area contributed by atoms with Crippen molar-refractivity contribution < 1.29 is 49.3 Å². The highest BCUT2D eigenvalue weighted by atomic mass is 16.7. The second-order valence-electron chi connectivity index (χ2n) is 8.24. The zero-order valence-electron chi connectivity index (χ0n) is 18.3. The number of carbonyl (C=O) groups excluding carboxylic acids is 1. The van der Waals surface area contributed by atoms with Gasteiger partial charge in [-0.2, -0.15) is 0 Å². The van der Waals surface area contributed by atoms with Crippen LogP contribution in [-0.4, -0.2) is 69.3 Å². The fraction of sp³-hybridized carbons (Fsp3) is 0.375. The second kappa shape index (κ2) is 9.90. The number of phenols is 4. The van der Waals surface area contributed by atoms with Crippen LogP contribution in [-0.2, 0) is 23.7 Å². The van der Waals surface area contributed by atoms with E-state index in [1.807, 2.05) is 0 Å². The summed E-state index contributed by atoms with van der Waals surface area (Å²) < 4.78 is 23.3. The van der Waals surface area contributed by atoms with Crippen LogP contribution in [0.15, 0.2) is 42.5 Å². The molecule has 0 aromatic heterocycles. The minimum atomic E-state index is -0.841. The maximum Gasteiger partial charge on any atom is 0.331 e. The van der Waals surface area contributed by atoms with Gasteiger partial charge in [0.1, 0.15) is 24.4 Å². The third-order valence-corrected chi connectivity index (χ3v) is 5.93. The number of fused-ring (bicyclic) bond motifs is 1. The first-order valence-electron chi connectivity index (χ1n) is 10.7. The van der Waals surface area contributed by atoms with Gasteiger partial charge in [-0.3, -0.25) is 0 Å². The van der Waals surface area contributed by atoms with Crippen molar-refractivity contribution in [2.75, 3.05) is 13.2 Å². The Morgan fingerprint density at radius 1 is 1.03 bits per heavy atom. The number of carbonyl (C=O) groups is 1. The molecule has 5 N–H and O–H groups in total. The molecule has 4 rings (SSSR count). The normalized spacial score (nSPS) is 29.0. The Kier molecular flexibility index (Phi) is 6.94. The summed E-state index contributed by atoms with van der Waals surface area (Å²) in [6.45, 7) is 1.52. The molecule has 2 aliphatic rings. The number of aromatic hydroxyl groups is 4. The lowest BCUT2D eigenvalue weighted by molar-refractivity contribution is -0.340. The molecule has 6 unspecified atom stereocenters. The van der Waals surface area contributed by atoms with Crippen LogP contribution >= 0.6 is 0 Å². The summed E-state index contributed by atoms with van der Waals surface area (Å²) in [7, 11) is 0. The predicted octanol–water partition coefficient (Wildman–Crippen LogP) is 1.94. The molecule has 0 bridgehead atoms. The molecule has 6 atom stereocenters. The van der Waals surface area contributed by atoms with Gasteiger partial charge in [0.05, 0.1) is 13.2 Å². The van der Waals surface area contributed by atoms with E-state index in [0.29, 0.717) is 11.1 Å². The van der Waals surface area contributed by atoms with E-state index >= 15 is 0 Å². The van der Waals surface area contributed by atoms with Crippen molar-refractivity contribution in [2.45, 2.75) is 37.6 Å². The topological polar surface area (TPSA) is 155 Å². The average Bonchev–Trinajstić information content (AvgIpc) is 2.83. The molecule has 34 heavy (non-hydrogen) atoms. The summed E-state index contributed by atoms with van der Waals surface area (Å²) in [5.41, 5.74) is 1.07. The van der Waals surface area contributed by atoms with Crippen molar-refractivity contribution in [1.82, 2.24) is 0 Å². The fourth-order valence-electron chi connectivity index (χ4n) is 4.06. The Bertz CT molecular complexity index is 1070. The maximum absolute atomic E-state index is 12.5. The highest BCUT2D eigenvalue weighted by molar-refractivity contribution is 5.87. The molecule has 0 aliphatic carbocycles. The second-order valence-corrected chi connectivity index (χ2v) is 8.24. The van der Waals surface area contributed by atoms with Crippen LogP contribution in [0.2, 0.25) is 0 Å². The van der Waals surface area contributed by atoms with E-state index in [0.717, 1.165) is 0 Å². The molecule has 10 nitrogen and oxygen atoms in total. The van der Waals surface area contributed by atoms with E-state index in [1.54, 1.807) is 13.0 Å².